The number of quaternary nitrogens is 1. The van der Waals surface area contributed by atoms with Crippen LogP contribution in [0.5, 0.6) is 0 Å². The van der Waals surface area contributed by atoms with E-state index in [1.165, 1.54) is 89.9 Å². The zero-order valence-corrected chi connectivity index (χ0v) is 23.0. The van der Waals surface area contributed by atoms with E-state index in [1.807, 2.05) is 0 Å². The second-order valence-corrected chi connectivity index (χ2v) is 10.1. The highest BCUT2D eigenvalue weighted by Crippen LogP contribution is 2.09. The summed E-state index contributed by atoms with van der Waals surface area (Å²) in [5, 5.41) is 3.59. The fourth-order valence-electron chi connectivity index (χ4n) is 3.96. The standard InChI is InChI=1S/C27H57N2O2.ClH/c1-5-7-9-11-13-15-17-19-22-28-23-20-24-29(3,4)25-26-31-27(30)21-18-16-14-12-10-8-6-2;/h28H,5-26H2,1-4H3;1H/q+1;/p-1. The Morgan fingerprint density at radius 2 is 1.12 bits per heavy atom. The molecule has 32 heavy (non-hydrogen) atoms. The summed E-state index contributed by atoms with van der Waals surface area (Å²) in [6, 6.07) is 0. The van der Waals surface area contributed by atoms with Gasteiger partial charge in [-0.25, -0.2) is 0 Å². The highest BCUT2D eigenvalue weighted by molar-refractivity contribution is 5.69. The maximum Gasteiger partial charge on any atom is 0.305 e. The van der Waals surface area contributed by atoms with Gasteiger partial charge < -0.3 is 26.9 Å². The summed E-state index contributed by atoms with van der Waals surface area (Å²) in [6.45, 7) is 9.34. The van der Waals surface area contributed by atoms with Gasteiger partial charge in [-0.15, -0.1) is 0 Å². The Labute approximate surface area is 207 Å². The van der Waals surface area contributed by atoms with Crippen molar-refractivity contribution >= 4 is 5.97 Å². The quantitative estimate of drug-likeness (QED) is 0.130. The van der Waals surface area contributed by atoms with Crippen LogP contribution in [-0.4, -0.2) is 57.3 Å². The fraction of sp³-hybridized carbons (Fsp3) is 0.963. The van der Waals surface area contributed by atoms with Gasteiger partial charge in [0.2, 0.25) is 0 Å². The van der Waals surface area contributed by atoms with Crippen LogP contribution in [0.4, 0.5) is 0 Å². The van der Waals surface area contributed by atoms with Crippen LogP contribution in [-0.2, 0) is 9.53 Å². The molecule has 0 aliphatic heterocycles. The lowest BCUT2D eigenvalue weighted by molar-refractivity contribution is -0.890. The molecule has 0 heterocycles. The number of ether oxygens (including phenoxy) is 1. The number of halogens is 1. The maximum atomic E-state index is 11.9. The summed E-state index contributed by atoms with van der Waals surface area (Å²) in [7, 11) is 4.48. The Kier molecular flexibility index (Phi) is 26.8. The van der Waals surface area contributed by atoms with E-state index in [9.17, 15) is 4.79 Å². The van der Waals surface area contributed by atoms with E-state index < -0.39 is 0 Å². The molecule has 0 fully saturated rings. The molecule has 0 spiro atoms. The maximum absolute atomic E-state index is 11.9. The van der Waals surface area contributed by atoms with Crippen molar-refractivity contribution in [2.24, 2.45) is 0 Å². The van der Waals surface area contributed by atoms with Gasteiger partial charge in [-0.1, -0.05) is 97.3 Å². The van der Waals surface area contributed by atoms with Gasteiger partial charge in [0, 0.05) is 19.4 Å². The molecule has 0 aromatic heterocycles. The van der Waals surface area contributed by atoms with Crippen molar-refractivity contribution in [2.45, 2.75) is 123 Å². The number of unbranched alkanes of at least 4 members (excludes halogenated alkanes) is 13. The van der Waals surface area contributed by atoms with Crippen LogP contribution in [0.15, 0.2) is 0 Å². The van der Waals surface area contributed by atoms with Crippen LogP contribution in [0.3, 0.4) is 0 Å². The van der Waals surface area contributed by atoms with E-state index in [0.717, 1.165) is 43.5 Å². The van der Waals surface area contributed by atoms with Crippen LogP contribution in [0.25, 0.3) is 0 Å². The van der Waals surface area contributed by atoms with Crippen molar-refractivity contribution in [2.75, 3.05) is 46.9 Å². The smallest absolute Gasteiger partial charge is 0.305 e. The number of rotatable bonds is 24. The number of esters is 1. The molecule has 0 amide bonds. The van der Waals surface area contributed by atoms with Crippen LogP contribution >= 0.6 is 0 Å². The zero-order valence-electron chi connectivity index (χ0n) is 22.2. The van der Waals surface area contributed by atoms with Crippen LogP contribution in [0.2, 0.25) is 0 Å². The minimum atomic E-state index is -0.0133. The van der Waals surface area contributed by atoms with Crippen molar-refractivity contribution in [1.82, 2.24) is 5.32 Å². The van der Waals surface area contributed by atoms with Crippen molar-refractivity contribution in [3.8, 4) is 0 Å². The summed E-state index contributed by atoms with van der Waals surface area (Å²) in [5.41, 5.74) is 0. The molecule has 0 aromatic rings. The van der Waals surface area contributed by atoms with Crippen LogP contribution in [0.1, 0.15) is 123 Å². The molecule has 5 heteroatoms. The van der Waals surface area contributed by atoms with E-state index in [0.29, 0.717) is 13.0 Å². The molecule has 0 aliphatic rings. The number of nitrogens with zero attached hydrogens (tertiary/aromatic N) is 1. The van der Waals surface area contributed by atoms with E-state index in [-0.39, 0.29) is 18.4 Å². The van der Waals surface area contributed by atoms with Crippen molar-refractivity contribution < 1.29 is 26.4 Å². The lowest BCUT2D eigenvalue weighted by Gasteiger charge is -2.29. The second-order valence-electron chi connectivity index (χ2n) is 10.1. The first kappa shape index (κ1) is 33.9. The van der Waals surface area contributed by atoms with Gasteiger partial charge in [-0.2, -0.15) is 0 Å². The summed E-state index contributed by atoms with van der Waals surface area (Å²) in [6.07, 6.45) is 21.5. The number of hydrogen-bond donors (Lipinski definition) is 1. The molecule has 0 aromatic carbocycles. The molecule has 0 radical (unpaired) electrons. The molecule has 0 unspecified atom stereocenters. The van der Waals surface area contributed by atoms with Crippen molar-refractivity contribution in [3.05, 3.63) is 0 Å². The predicted octanol–water partition coefficient (Wildman–Crippen LogP) is 3.87. The first-order valence-electron chi connectivity index (χ1n) is 13.7. The van der Waals surface area contributed by atoms with Gasteiger partial charge in [0.1, 0.15) is 13.2 Å². The minimum Gasteiger partial charge on any atom is -1.00 e. The highest BCUT2D eigenvalue weighted by Gasteiger charge is 2.15. The average molecular weight is 477 g/mol. The Morgan fingerprint density at radius 1 is 0.656 bits per heavy atom. The zero-order chi connectivity index (χ0) is 23.0. The Balaban J connectivity index is 0. The predicted molar refractivity (Wildman–Crippen MR) is 136 cm³/mol. The summed E-state index contributed by atoms with van der Waals surface area (Å²) >= 11 is 0. The lowest BCUT2D eigenvalue weighted by Crippen LogP contribution is -3.00. The summed E-state index contributed by atoms with van der Waals surface area (Å²) in [5.74, 6) is -0.0133. The number of hydrogen-bond acceptors (Lipinski definition) is 3. The number of carbonyl (C=O) groups excluding carboxylic acids is 1. The Bertz CT molecular complexity index is 392. The molecule has 4 nitrogen and oxygen atoms in total. The normalized spacial score (nSPS) is 11.4. The minimum absolute atomic E-state index is 0. The van der Waals surface area contributed by atoms with E-state index >= 15 is 0 Å². The molecule has 0 saturated heterocycles. The highest BCUT2D eigenvalue weighted by atomic mass is 35.5. The molecular weight excluding hydrogens is 420 g/mol. The van der Waals surface area contributed by atoms with Gasteiger partial charge in [-0.3, -0.25) is 4.79 Å². The Morgan fingerprint density at radius 3 is 1.69 bits per heavy atom. The first-order chi connectivity index (χ1) is 15.0. The van der Waals surface area contributed by atoms with Crippen LogP contribution in [0, 0.1) is 0 Å². The molecule has 0 bridgehead atoms. The number of carbonyl (C=O) groups is 1. The fourth-order valence-corrected chi connectivity index (χ4v) is 3.96. The third kappa shape index (κ3) is 25.9. The molecule has 0 aliphatic carbocycles. The number of nitrogens with one attached hydrogen (secondary N) is 1. The topological polar surface area (TPSA) is 38.3 Å². The lowest BCUT2D eigenvalue weighted by atomic mass is 10.1. The van der Waals surface area contributed by atoms with Gasteiger partial charge in [0.25, 0.3) is 0 Å². The van der Waals surface area contributed by atoms with Crippen LogP contribution < -0.4 is 17.7 Å². The third-order valence-electron chi connectivity index (χ3n) is 6.27. The second kappa shape index (κ2) is 25.3. The van der Waals surface area contributed by atoms with E-state index in [1.54, 1.807) is 0 Å². The first-order valence-corrected chi connectivity index (χ1v) is 13.7. The van der Waals surface area contributed by atoms with Gasteiger partial charge in [0.15, 0.2) is 0 Å². The van der Waals surface area contributed by atoms with Gasteiger partial charge in [-0.05, 0) is 19.4 Å². The molecule has 0 rings (SSSR count). The van der Waals surface area contributed by atoms with E-state index in [4.69, 9.17) is 4.74 Å². The van der Waals surface area contributed by atoms with Gasteiger partial charge in [0.05, 0.1) is 20.6 Å². The van der Waals surface area contributed by atoms with Crippen molar-refractivity contribution in [3.63, 3.8) is 0 Å². The largest absolute Gasteiger partial charge is 1.00 e. The molecule has 0 saturated carbocycles. The monoisotopic (exact) mass is 476 g/mol. The molecular formula is C27H57ClN2O2. The molecule has 0 atom stereocenters. The number of likely N-dealkylation sites (N-methyl/N-ethyl adjacent to an activating group) is 1. The summed E-state index contributed by atoms with van der Waals surface area (Å²) < 4.78 is 6.39. The summed E-state index contributed by atoms with van der Waals surface area (Å²) in [4.78, 5) is 11.9. The SMILES string of the molecule is CCCCCCCCCCNCCC[N+](C)(C)CCOC(=O)CCCCCCCCC.[Cl-]. The molecule has 1 N–H and O–H groups in total. The Hall–Kier alpha value is -0.320. The van der Waals surface area contributed by atoms with E-state index in [2.05, 4.69) is 33.3 Å². The average Bonchev–Trinajstić information content (AvgIpc) is 2.73. The van der Waals surface area contributed by atoms with Gasteiger partial charge >= 0.3 is 5.97 Å². The third-order valence-corrected chi connectivity index (χ3v) is 6.27. The molecule has 194 valence electrons. The van der Waals surface area contributed by atoms with Crippen molar-refractivity contribution in [1.29, 1.82) is 0 Å².